The summed E-state index contributed by atoms with van der Waals surface area (Å²) >= 11 is 0. The molecule has 0 amide bonds. The first-order valence-electron chi connectivity index (χ1n) is 3.31. The van der Waals surface area contributed by atoms with Crippen LogP contribution in [0.5, 0.6) is 0 Å². The van der Waals surface area contributed by atoms with E-state index >= 15 is 0 Å². The topological polar surface area (TPSA) is 18.8 Å². The van der Waals surface area contributed by atoms with E-state index in [1.165, 1.54) is 0 Å². The molecule has 0 spiro atoms. The predicted molar refractivity (Wildman–Crippen MR) is 42.9 cm³/mol. The third-order valence-corrected chi connectivity index (χ3v) is 1.66. The van der Waals surface area contributed by atoms with E-state index in [-0.39, 0.29) is 0 Å². The average molecular weight is 139 g/mol. The second-order valence-corrected chi connectivity index (χ2v) is 2.50. The van der Waals surface area contributed by atoms with Crippen molar-refractivity contribution in [2.24, 2.45) is 4.99 Å². The zero-order chi connectivity index (χ0) is 7.56. The Hall–Kier alpha value is -0.990. The van der Waals surface area contributed by atoms with Gasteiger partial charge in [-0.05, 0) is 0 Å². The minimum Gasteiger partial charge on any atom is -0.357 e. The fourth-order valence-electron chi connectivity index (χ4n) is 0.839. The van der Waals surface area contributed by atoms with Crippen LogP contribution in [0.25, 0.3) is 0 Å². The fourth-order valence-corrected chi connectivity index (χ4v) is 0.839. The van der Waals surface area contributed by atoms with Crippen LogP contribution in [-0.2, 0) is 0 Å². The number of hydrogen-bond donors (Lipinski definition) is 0. The zero-order valence-corrected chi connectivity index (χ0v) is 6.54. The van der Waals surface area contributed by atoms with E-state index in [4.69, 9.17) is 0 Å². The molecule has 3 heteroatoms. The van der Waals surface area contributed by atoms with Gasteiger partial charge in [-0.15, -0.1) is 0 Å². The number of hydrogen-bond acceptors (Lipinski definition) is 3. The summed E-state index contributed by atoms with van der Waals surface area (Å²) in [7, 11) is 4.00. The van der Waals surface area contributed by atoms with E-state index in [9.17, 15) is 0 Å². The highest BCUT2D eigenvalue weighted by Crippen LogP contribution is 2.04. The highest BCUT2D eigenvalue weighted by atomic mass is 15.3. The molecule has 1 aliphatic heterocycles. The van der Waals surface area contributed by atoms with Crippen molar-refractivity contribution in [3.63, 3.8) is 0 Å². The van der Waals surface area contributed by atoms with E-state index in [0.717, 1.165) is 19.0 Å². The largest absolute Gasteiger partial charge is 0.357 e. The smallest absolute Gasteiger partial charge is 0.110 e. The van der Waals surface area contributed by atoms with Crippen LogP contribution in [0.1, 0.15) is 0 Å². The summed E-state index contributed by atoms with van der Waals surface area (Å²) in [6.45, 7) is 5.50. The van der Waals surface area contributed by atoms with E-state index in [1.54, 1.807) is 0 Å². The lowest BCUT2D eigenvalue weighted by Gasteiger charge is -2.24. The second-order valence-electron chi connectivity index (χ2n) is 2.50. The van der Waals surface area contributed by atoms with E-state index < -0.39 is 0 Å². The third-order valence-electron chi connectivity index (χ3n) is 1.66. The Morgan fingerprint density at radius 2 is 2.20 bits per heavy atom. The van der Waals surface area contributed by atoms with Gasteiger partial charge in [0.2, 0.25) is 0 Å². The summed E-state index contributed by atoms with van der Waals surface area (Å²) in [5, 5.41) is 0. The summed E-state index contributed by atoms with van der Waals surface area (Å²) < 4.78 is 0. The molecule has 0 aromatic rings. The van der Waals surface area contributed by atoms with Crippen molar-refractivity contribution in [2.45, 2.75) is 0 Å². The Bertz CT molecular complexity index is 146. The lowest BCUT2D eigenvalue weighted by Crippen LogP contribution is -2.28. The Morgan fingerprint density at radius 3 is 2.90 bits per heavy atom. The van der Waals surface area contributed by atoms with Gasteiger partial charge < -0.3 is 9.80 Å². The van der Waals surface area contributed by atoms with Crippen LogP contribution in [0.15, 0.2) is 17.4 Å². The summed E-state index contributed by atoms with van der Waals surface area (Å²) in [6, 6.07) is 0. The number of rotatable bonds is 0. The van der Waals surface area contributed by atoms with Gasteiger partial charge in [0.15, 0.2) is 0 Å². The zero-order valence-electron chi connectivity index (χ0n) is 6.54. The highest BCUT2D eigenvalue weighted by molar-refractivity contribution is 5.60. The van der Waals surface area contributed by atoms with Gasteiger partial charge in [0.05, 0.1) is 12.4 Å². The molecule has 56 valence electrons. The molecule has 0 aliphatic carbocycles. The number of aliphatic imine (C=N–C) groups is 1. The standard InChI is InChI=1S/C7H13N3/c1-7-9(2)5-4-8-6-10(7)3/h4H,1,5-6H2,2-3H3. The molecule has 0 radical (unpaired) electrons. The maximum atomic E-state index is 4.15. The average Bonchev–Trinajstić information content (AvgIpc) is 2.04. The minimum atomic E-state index is 0.725. The van der Waals surface area contributed by atoms with Crippen LogP contribution in [-0.4, -0.2) is 43.3 Å². The molecule has 0 saturated carbocycles. The summed E-state index contributed by atoms with van der Waals surface area (Å²) in [5.74, 6) is 1.03. The monoisotopic (exact) mass is 139 g/mol. The molecule has 0 aromatic heterocycles. The molecule has 10 heavy (non-hydrogen) atoms. The molecule has 0 bridgehead atoms. The molecule has 0 fully saturated rings. The van der Waals surface area contributed by atoms with Gasteiger partial charge in [-0.25, -0.2) is 0 Å². The van der Waals surface area contributed by atoms with Crippen molar-refractivity contribution in [3.8, 4) is 0 Å². The van der Waals surface area contributed by atoms with Crippen molar-refractivity contribution in [1.29, 1.82) is 0 Å². The summed E-state index contributed by atoms with van der Waals surface area (Å²) in [6.07, 6.45) is 1.91. The first-order valence-corrected chi connectivity index (χ1v) is 3.31. The minimum absolute atomic E-state index is 0.725. The summed E-state index contributed by atoms with van der Waals surface area (Å²) in [4.78, 5) is 8.23. The summed E-state index contributed by atoms with van der Waals surface area (Å²) in [5.41, 5.74) is 0. The highest BCUT2D eigenvalue weighted by Gasteiger charge is 2.07. The van der Waals surface area contributed by atoms with Gasteiger partial charge in [-0.2, -0.15) is 0 Å². The first kappa shape index (κ1) is 7.12. The lowest BCUT2D eigenvalue weighted by molar-refractivity contribution is 0.309. The molecule has 1 heterocycles. The number of nitrogens with zero attached hydrogens (tertiary/aromatic N) is 3. The fraction of sp³-hybridized carbons (Fsp3) is 0.571. The van der Waals surface area contributed by atoms with Crippen LogP contribution in [0, 0.1) is 0 Å². The molecule has 0 atom stereocenters. The van der Waals surface area contributed by atoms with Crippen LogP contribution in [0.3, 0.4) is 0 Å². The predicted octanol–water partition coefficient (Wildman–Crippen LogP) is 0.363. The molecule has 0 unspecified atom stereocenters. The molecule has 0 aromatic carbocycles. The van der Waals surface area contributed by atoms with Crippen molar-refractivity contribution in [1.82, 2.24) is 9.80 Å². The lowest BCUT2D eigenvalue weighted by atomic mass is 10.5. The van der Waals surface area contributed by atoms with Crippen molar-refractivity contribution >= 4 is 6.21 Å². The van der Waals surface area contributed by atoms with Crippen molar-refractivity contribution < 1.29 is 0 Å². The molecule has 0 saturated heterocycles. The van der Waals surface area contributed by atoms with E-state index in [0.29, 0.717) is 0 Å². The molecule has 0 N–H and O–H groups in total. The molecule has 3 nitrogen and oxygen atoms in total. The SMILES string of the molecule is C=C1N(C)CC=NCN1C. The van der Waals surface area contributed by atoms with E-state index in [2.05, 4.69) is 16.5 Å². The van der Waals surface area contributed by atoms with Crippen LogP contribution >= 0.6 is 0 Å². The van der Waals surface area contributed by atoms with Crippen LogP contribution < -0.4 is 0 Å². The Labute approximate surface area is 61.6 Å². The van der Waals surface area contributed by atoms with Gasteiger partial charge in [-0.3, -0.25) is 4.99 Å². The maximum absolute atomic E-state index is 4.15. The van der Waals surface area contributed by atoms with Gasteiger partial charge in [-0.1, -0.05) is 6.58 Å². The van der Waals surface area contributed by atoms with Gasteiger partial charge in [0, 0.05) is 20.3 Å². The van der Waals surface area contributed by atoms with Crippen LogP contribution in [0.2, 0.25) is 0 Å². The Kier molecular flexibility index (Phi) is 1.94. The van der Waals surface area contributed by atoms with Gasteiger partial charge >= 0.3 is 0 Å². The second kappa shape index (κ2) is 2.73. The molecule has 1 aliphatic rings. The van der Waals surface area contributed by atoms with E-state index in [1.807, 2.05) is 25.2 Å². The molecular weight excluding hydrogens is 126 g/mol. The molecule has 1 rings (SSSR count). The van der Waals surface area contributed by atoms with Crippen molar-refractivity contribution in [2.75, 3.05) is 27.3 Å². The normalized spacial score (nSPS) is 19.6. The van der Waals surface area contributed by atoms with Gasteiger partial charge in [0.1, 0.15) is 6.67 Å². The Balaban J connectivity index is 2.65. The third kappa shape index (κ3) is 1.29. The Morgan fingerprint density at radius 1 is 1.50 bits per heavy atom. The van der Waals surface area contributed by atoms with Crippen molar-refractivity contribution in [3.05, 3.63) is 12.4 Å². The first-order chi connectivity index (χ1) is 4.72. The molecular formula is C7H13N3. The maximum Gasteiger partial charge on any atom is 0.110 e. The van der Waals surface area contributed by atoms with Gasteiger partial charge in [0.25, 0.3) is 0 Å². The quantitative estimate of drug-likeness (QED) is 0.482. The van der Waals surface area contributed by atoms with Crippen LogP contribution in [0.4, 0.5) is 0 Å².